The minimum absolute atomic E-state index is 0.0515. The Morgan fingerprint density at radius 1 is 0.710 bits per heavy atom. The first-order valence-corrected chi connectivity index (χ1v) is 25.6. The Morgan fingerprint density at radius 3 is 1.97 bits per heavy atom. The third-order valence-electron chi connectivity index (χ3n) is 10.7. The van der Waals surface area contributed by atoms with Crippen molar-refractivity contribution in [2.24, 2.45) is 0 Å². The van der Waals surface area contributed by atoms with Gasteiger partial charge in [0.15, 0.2) is 0 Å². The van der Waals surface area contributed by atoms with Gasteiger partial charge in [0.05, 0.1) is 34.7 Å². The van der Waals surface area contributed by atoms with E-state index in [-0.39, 0.29) is 51.1 Å². The summed E-state index contributed by atoms with van der Waals surface area (Å²) in [6.07, 6.45) is 5.26. The van der Waals surface area contributed by atoms with E-state index >= 15 is 0 Å². The summed E-state index contributed by atoms with van der Waals surface area (Å²) in [7, 11) is -18.7. The topological polar surface area (TPSA) is 298 Å². The van der Waals surface area contributed by atoms with E-state index in [9.17, 15) is 51.9 Å². The number of rotatable bonds is 17. The van der Waals surface area contributed by atoms with Gasteiger partial charge >= 0.3 is 0 Å². The number of nitrogens with zero attached hydrogens (tertiary/aromatic N) is 1. The van der Waals surface area contributed by atoms with Crippen LogP contribution in [0.25, 0.3) is 27.1 Å². The maximum Gasteiger partial charge on any atom is 0.295 e. The number of hydrogen-bond donors (Lipinski definition) is 6. The molecule has 0 saturated carbocycles. The van der Waals surface area contributed by atoms with Crippen LogP contribution >= 0.6 is 24.1 Å². The van der Waals surface area contributed by atoms with Crippen LogP contribution in [0.3, 0.4) is 0 Å². The summed E-state index contributed by atoms with van der Waals surface area (Å²) in [5.41, 5.74) is 0.704. The number of allylic oxidation sites excluding steroid dienone is 5. The first-order valence-electron chi connectivity index (χ1n) is 18.0. The fraction of sp³-hybridized carbons (Fsp3) is 0.297. The van der Waals surface area contributed by atoms with Gasteiger partial charge in [-0.3, -0.25) is 18.2 Å². The van der Waals surface area contributed by atoms with Crippen LogP contribution in [0.4, 0.5) is 5.69 Å². The van der Waals surface area contributed by atoms with Crippen molar-refractivity contribution in [3.63, 3.8) is 0 Å². The standard InChI is InChI=1S/C37H39NO18S6/c1-36(2)27(26(20-60(44,45)46)25-12-10-21-16-23(57-55-53-39)18-30(62(50,51)52)33(21)34(25)36)8-7-9-31-37(3,4)35-28(38(31)14-5-6-15-59(41,42)43)13-11-22-17-24(61(47,48)49)19-29(32(22)35)58-56-54-40/h7-13,16-19,39-40H,5-6,14-15,20H2,1-4H3,(H,41,42,43)(H,44,45,46)(H,47,48,49)(H,50,51,52)/b8-7+,31-9+. The minimum atomic E-state index is -4.95. The summed E-state index contributed by atoms with van der Waals surface area (Å²) in [5, 5.41) is 26.2. The van der Waals surface area contributed by atoms with E-state index in [0.29, 0.717) is 62.9 Å². The molecule has 19 nitrogen and oxygen atoms in total. The Bertz CT molecular complexity index is 3030. The molecule has 0 bridgehead atoms. The smallest absolute Gasteiger partial charge is 0.295 e. The van der Waals surface area contributed by atoms with Crippen molar-refractivity contribution in [1.29, 1.82) is 0 Å². The Labute approximate surface area is 365 Å². The summed E-state index contributed by atoms with van der Waals surface area (Å²) in [6, 6.07) is 11.3. The zero-order chi connectivity index (χ0) is 45.8. The van der Waals surface area contributed by atoms with Gasteiger partial charge < -0.3 is 4.90 Å². The second-order valence-electron chi connectivity index (χ2n) is 15.3. The zero-order valence-corrected chi connectivity index (χ0v) is 37.8. The van der Waals surface area contributed by atoms with E-state index in [1.54, 1.807) is 50.3 Å². The molecule has 1 heterocycles. The molecule has 2 aliphatic rings. The molecule has 0 radical (unpaired) electrons. The van der Waals surface area contributed by atoms with Gasteiger partial charge in [0.25, 0.3) is 40.5 Å². The second kappa shape index (κ2) is 17.5. The lowest BCUT2D eigenvalue weighted by atomic mass is 9.78. The first kappa shape index (κ1) is 48.0. The van der Waals surface area contributed by atoms with Crippen molar-refractivity contribution in [2.75, 3.05) is 23.0 Å². The van der Waals surface area contributed by atoms with Crippen LogP contribution in [-0.4, -0.2) is 80.4 Å². The molecule has 25 heteroatoms. The van der Waals surface area contributed by atoms with Crippen molar-refractivity contribution in [3.8, 4) is 0 Å². The van der Waals surface area contributed by atoms with Gasteiger partial charge in [-0.15, -0.1) is 8.67 Å². The van der Waals surface area contributed by atoms with Crippen molar-refractivity contribution >= 4 is 97.4 Å². The van der Waals surface area contributed by atoms with Gasteiger partial charge in [-0.25, -0.2) is 10.5 Å². The molecule has 0 saturated heterocycles. The molecule has 0 spiro atoms. The second-order valence-corrected chi connectivity index (χ2v) is 22.7. The predicted octanol–water partition coefficient (Wildman–Crippen LogP) is 7.18. The number of unbranched alkanes of at least 4 members (excludes halogenated alkanes) is 1. The highest BCUT2D eigenvalue weighted by Crippen LogP contribution is 2.54. The van der Waals surface area contributed by atoms with Crippen LogP contribution in [0.2, 0.25) is 0 Å². The lowest BCUT2D eigenvalue weighted by Gasteiger charge is -2.27. The molecule has 0 amide bonds. The number of fused-ring (bicyclic) bond motifs is 6. The molecule has 6 rings (SSSR count). The summed E-state index contributed by atoms with van der Waals surface area (Å²) in [5.74, 6) is -1.39. The minimum Gasteiger partial charge on any atom is -0.344 e. The third kappa shape index (κ3) is 9.77. The molecular formula is C37H39NO18S6. The van der Waals surface area contributed by atoms with Crippen molar-refractivity contribution in [1.82, 2.24) is 0 Å². The molecule has 4 aromatic rings. The summed E-state index contributed by atoms with van der Waals surface area (Å²) in [6.45, 7) is 7.31. The molecule has 6 N–H and O–H groups in total. The Morgan fingerprint density at radius 2 is 1.35 bits per heavy atom. The van der Waals surface area contributed by atoms with Crippen LogP contribution < -0.4 is 4.90 Å². The van der Waals surface area contributed by atoms with E-state index in [1.165, 1.54) is 18.2 Å². The molecule has 0 unspecified atom stereocenters. The van der Waals surface area contributed by atoms with Crippen LogP contribution in [0.15, 0.2) is 97.6 Å². The molecule has 1 aliphatic carbocycles. The number of benzene rings is 4. The molecule has 4 aromatic carbocycles. The summed E-state index contributed by atoms with van der Waals surface area (Å²) < 4.78 is 148. The molecule has 1 aliphatic heterocycles. The first-order chi connectivity index (χ1) is 28.7. The lowest BCUT2D eigenvalue weighted by molar-refractivity contribution is -0.432. The molecular weight excluding hydrogens is 939 g/mol. The highest BCUT2D eigenvalue weighted by atomic mass is 32.2. The molecule has 62 heavy (non-hydrogen) atoms. The van der Waals surface area contributed by atoms with Gasteiger partial charge in [0, 0.05) is 49.3 Å². The van der Waals surface area contributed by atoms with Crippen LogP contribution in [0.5, 0.6) is 0 Å². The van der Waals surface area contributed by atoms with E-state index in [4.69, 9.17) is 14.8 Å². The summed E-state index contributed by atoms with van der Waals surface area (Å²) in [4.78, 5) is 1.09. The maximum absolute atomic E-state index is 12.9. The van der Waals surface area contributed by atoms with Gasteiger partial charge in [-0.2, -0.15) is 33.7 Å². The maximum atomic E-state index is 12.9. The van der Waals surface area contributed by atoms with Crippen LogP contribution in [0.1, 0.15) is 57.2 Å². The van der Waals surface area contributed by atoms with Crippen molar-refractivity contribution in [2.45, 2.75) is 70.9 Å². The molecule has 336 valence electrons. The van der Waals surface area contributed by atoms with Crippen LogP contribution in [0, 0.1) is 0 Å². The highest BCUT2D eigenvalue weighted by molar-refractivity contribution is 7.95. The van der Waals surface area contributed by atoms with Crippen LogP contribution in [-0.2, 0) is 70.0 Å². The molecule has 0 atom stereocenters. The Hall–Kier alpha value is -3.48. The quantitative estimate of drug-likeness (QED) is 0.0201. The fourth-order valence-corrected chi connectivity index (χ4v) is 12.1. The van der Waals surface area contributed by atoms with Gasteiger partial charge in [-0.05, 0) is 87.9 Å². The lowest BCUT2D eigenvalue weighted by Crippen LogP contribution is -2.27. The predicted molar refractivity (Wildman–Crippen MR) is 228 cm³/mol. The monoisotopic (exact) mass is 977 g/mol. The highest BCUT2D eigenvalue weighted by Gasteiger charge is 2.43. The molecule has 0 fully saturated rings. The third-order valence-corrected chi connectivity index (χ3v) is 15.0. The van der Waals surface area contributed by atoms with E-state index < -0.39 is 72.6 Å². The normalized spacial score (nSPS) is 17.3. The Balaban J connectivity index is 1.55. The Kier molecular flexibility index (Phi) is 13.5. The van der Waals surface area contributed by atoms with Gasteiger partial charge in [0.2, 0.25) is 0 Å². The summed E-state index contributed by atoms with van der Waals surface area (Å²) >= 11 is 0.920. The van der Waals surface area contributed by atoms with Gasteiger partial charge in [0.1, 0.15) is 10.6 Å². The fourth-order valence-electron chi connectivity index (χ4n) is 8.35. The number of anilines is 1. The largest absolute Gasteiger partial charge is 0.344 e. The van der Waals surface area contributed by atoms with Crippen molar-refractivity contribution < 1.29 is 81.1 Å². The number of hydrogen-bond acceptors (Lipinski definition) is 17. The van der Waals surface area contributed by atoms with Gasteiger partial charge in [-0.1, -0.05) is 68.1 Å². The van der Waals surface area contributed by atoms with E-state index in [0.717, 1.165) is 12.1 Å². The average Bonchev–Trinajstić information content (AvgIpc) is 3.50. The SMILES string of the molecule is CC1(C)C(/C=C/C=C2/N(CCCCS(=O)(=O)O)c3ccc4cc(S(=O)(=O)O)cc(SOOO)c4c3C2(C)C)=C(CS(=O)(=O)O)c2ccc3cc(SOOO)cc(S(=O)(=O)O)c3c21. The van der Waals surface area contributed by atoms with Crippen molar-refractivity contribution in [3.05, 3.63) is 94.7 Å². The van der Waals surface area contributed by atoms with E-state index in [2.05, 4.69) is 14.4 Å². The molecule has 0 aromatic heterocycles. The average molecular weight is 978 g/mol. The van der Waals surface area contributed by atoms with E-state index in [1.807, 2.05) is 18.7 Å². The zero-order valence-electron chi connectivity index (χ0n) is 32.9.